The molecule has 0 amide bonds. The number of aryl methyl sites for hydroxylation is 1. The van der Waals surface area contributed by atoms with Gasteiger partial charge in [-0.25, -0.2) is 0 Å². The molecule has 1 aromatic rings. The fourth-order valence-electron chi connectivity index (χ4n) is 2.45. The summed E-state index contributed by atoms with van der Waals surface area (Å²) in [4.78, 5) is 0. The van der Waals surface area contributed by atoms with Gasteiger partial charge in [0.25, 0.3) is 0 Å². The highest BCUT2D eigenvalue weighted by Gasteiger charge is 2.20. The van der Waals surface area contributed by atoms with Gasteiger partial charge in [-0.1, -0.05) is 36.2 Å². The summed E-state index contributed by atoms with van der Waals surface area (Å²) in [6.07, 6.45) is 4.99. The summed E-state index contributed by atoms with van der Waals surface area (Å²) in [5.74, 6) is 0.707. The number of nitrogens with two attached hydrogens (primary N) is 1. The van der Waals surface area contributed by atoms with E-state index in [0.717, 1.165) is 0 Å². The average molecular weight is 189 g/mol. The Labute approximate surface area is 86.3 Å². The van der Waals surface area contributed by atoms with Crippen molar-refractivity contribution in [3.63, 3.8) is 0 Å². The Balaban J connectivity index is 2.14. The molecule has 1 aromatic carbocycles. The van der Waals surface area contributed by atoms with E-state index in [1.165, 1.54) is 36.8 Å². The quantitative estimate of drug-likeness (QED) is 0.722. The van der Waals surface area contributed by atoms with Gasteiger partial charge in [-0.05, 0) is 37.7 Å². The van der Waals surface area contributed by atoms with Crippen LogP contribution in [-0.2, 0) is 0 Å². The third-order valence-corrected chi connectivity index (χ3v) is 3.23. The van der Waals surface area contributed by atoms with Crippen LogP contribution < -0.4 is 5.73 Å². The van der Waals surface area contributed by atoms with Gasteiger partial charge >= 0.3 is 0 Å². The Morgan fingerprint density at radius 2 is 2.14 bits per heavy atom. The lowest BCUT2D eigenvalue weighted by atomic mass is 9.81. The molecule has 14 heavy (non-hydrogen) atoms. The van der Waals surface area contributed by atoms with Gasteiger partial charge in [0.1, 0.15) is 0 Å². The molecule has 2 N–H and O–H groups in total. The normalized spacial score (nSPS) is 27.6. The van der Waals surface area contributed by atoms with Crippen LogP contribution in [0, 0.1) is 6.92 Å². The molecule has 0 aromatic heterocycles. The van der Waals surface area contributed by atoms with Crippen molar-refractivity contribution in [2.24, 2.45) is 5.73 Å². The van der Waals surface area contributed by atoms with Crippen LogP contribution in [0.25, 0.3) is 0 Å². The SMILES string of the molecule is Cc1cccc(C2CCCC(N)C2)c1. The summed E-state index contributed by atoms with van der Waals surface area (Å²) in [6.45, 7) is 2.16. The van der Waals surface area contributed by atoms with E-state index in [4.69, 9.17) is 5.73 Å². The lowest BCUT2D eigenvalue weighted by Crippen LogP contribution is -2.26. The van der Waals surface area contributed by atoms with Crippen molar-refractivity contribution < 1.29 is 0 Å². The van der Waals surface area contributed by atoms with E-state index in [9.17, 15) is 0 Å². The molecule has 2 atom stereocenters. The number of benzene rings is 1. The van der Waals surface area contributed by atoms with Gasteiger partial charge in [-0.3, -0.25) is 0 Å². The molecule has 0 bridgehead atoms. The second kappa shape index (κ2) is 4.14. The van der Waals surface area contributed by atoms with Gasteiger partial charge in [-0.2, -0.15) is 0 Å². The Hall–Kier alpha value is -0.820. The minimum Gasteiger partial charge on any atom is -0.328 e. The second-order valence-corrected chi connectivity index (χ2v) is 4.54. The van der Waals surface area contributed by atoms with Gasteiger partial charge in [-0.15, -0.1) is 0 Å². The standard InChI is InChI=1S/C13H19N/c1-10-4-2-5-11(8-10)12-6-3-7-13(14)9-12/h2,4-5,8,12-13H,3,6-7,9,14H2,1H3. The zero-order valence-electron chi connectivity index (χ0n) is 8.87. The highest BCUT2D eigenvalue weighted by molar-refractivity contribution is 5.26. The smallest absolute Gasteiger partial charge is 0.00446 e. The van der Waals surface area contributed by atoms with E-state index >= 15 is 0 Å². The van der Waals surface area contributed by atoms with Crippen molar-refractivity contribution in [1.29, 1.82) is 0 Å². The molecule has 1 fully saturated rings. The van der Waals surface area contributed by atoms with Crippen LogP contribution >= 0.6 is 0 Å². The maximum Gasteiger partial charge on any atom is 0.00446 e. The Morgan fingerprint density at radius 3 is 2.86 bits per heavy atom. The monoisotopic (exact) mass is 189 g/mol. The predicted molar refractivity (Wildman–Crippen MR) is 60.4 cm³/mol. The maximum absolute atomic E-state index is 6.00. The van der Waals surface area contributed by atoms with Gasteiger partial charge in [0.2, 0.25) is 0 Å². The van der Waals surface area contributed by atoms with Crippen LogP contribution in [0.1, 0.15) is 42.7 Å². The van der Waals surface area contributed by atoms with Crippen LogP contribution in [0.2, 0.25) is 0 Å². The van der Waals surface area contributed by atoms with Crippen molar-refractivity contribution in [1.82, 2.24) is 0 Å². The molecule has 0 saturated heterocycles. The molecule has 76 valence electrons. The first-order valence-electron chi connectivity index (χ1n) is 5.58. The summed E-state index contributed by atoms with van der Waals surface area (Å²) in [5.41, 5.74) is 8.85. The average Bonchev–Trinajstić information content (AvgIpc) is 2.18. The van der Waals surface area contributed by atoms with Gasteiger partial charge in [0, 0.05) is 6.04 Å². The molecule has 1 saturated carbocycles. The van der Waals surface area contributed by atoms with Crippen LogP contribution in [0.5, 0.6) is 0 Å². The maximum atomic E-state index is 6.00. The van der Waals surface area contributed by atoms with E-state index in [0.29, 0.717) is 12.0 Å². The topological polar surface area (TPSA) is 26.0 Å². The molecule has 0 heterocycles. The Bertz CT molecular complexity index is 306. The zero-order chi connectivity index (χ0) is 9.97. The zero-order valence-corrected chi connectivity index (χ0v) is 8.87. The van der Waals surface area contributed by atoms with E-state index in [2.05, 4.69) is 31.2 Å². The first-order valence-corrected chi connectivity index (χ1v) is 5.58. The third-order valence-electron chi connectivity index (χ3n) is 3.23. The van der Waals surface area contributed by atoms with Crippen molar-refractivity contribution in [2.75, 3.05) is 0 Å². The molecule has 1 nitrogen and oxygen atoms in total. The molecule has 0 aliphatic heterocycles. The van der Waals surface area contributed by atoms with Crippen molar-refractivity contribution in [2.45, 2.75) is 44.6 Å². The minimum absolute atomic E-state index is 0.425. The minimum atomic E-state index is 0.425. The van der Waals surface area contributed by atoms with E-state index in [-0.39, 0.29) is 0 Å². The lowest BCUT2D eigenvalue weighted by molar-refractivity contribution is 0.393. The summed E-state index contributed by atoms with van der Waals surface area (Å²) in [6, 6.07) is 9.30. The summed E-state index contributed by atoms with van der Waals surface area (Å²) in [7, 11) is 0. The van der Waals surface area contributed by atoms with E-state index < -0.39 is 0 Å². The molecule has 2 unspecified atom stereocenters. The molecule has 1 aliphatic carbocycles. The third kappa shape index (κ3) is 2.16. The number of rotatable bonds is 1. The molecular formula is C13H19N. The molecule has 1 heteroatoms. The molecule has 2 rings (SSSR count). The Kier molecular flexibility index (Phi) is 2.87. The largest absolute Gasteiger partial charge is 0.328 e. The molecule has 1 aliphatic rings. The van der Waals surface area contributed by atoms with E-state index in [1.807, 2.05) is 0 Å². The van der Waals surface area contributed by atoms with Crippen LogP contribution in [0.4, 0.5) is 0 Å². The fraction of sp³-hybridized carbons (Fsp3) is 0.538. The van der Waals surface area contributed by atoms with Crippen molar-refractivity contribution in [3.05, 3.63) is 35.4 Å². The van der Waals surface area contributed by atoms with Crippen LogP contribution in [-0.4, -0.2) is 6.04 Å². The number of hydrogen-bond donors (Lipinski definition) is 1. The number of hydrogen-bond acceptors (Lipinski definition) is 1. The van der Waals surface area contributed by atoms with Crippen LogP contribution in [0.3, 0.4) is 0 Å². The second-order valence-electron chi connectivity index (χ2n) is 4.54. The van der Waals surface area contributed by atoms with Crippen LogP contribution in [0.15, 0.2) is 24.3 Å². The van der Waals surface area contributed by atoms with Gasteiger partial charge < -0.3 is 5.73 Å². The summed E-state index contributed by atoms with van der Waals surface area (Å²) in [5, 5.41) is 0. The summed E-state index contributed by atoms with van der Waals surface area (Å²) >= 11 is 0. The molecular weight excluding hydrogens is 170 g/mol. The highest BCUT2D eigenvalue weighted by atomic mass is 14.6. The van der Waals surface area contributed by atoms with Crippen molar-refractivity contribution in [3.8, 4) is 0 Å². The summed E-state index contributed by atoms with van der Waals surface area (Å²) < 4.78 is 0. The Morgan fingerprint density at radius 1 is 1.29 bits per heavy atom. The lowest BCUT2D eigenvalue weighted by Gasteiger charge is -2.27. The van der Waals surface area contributed by atoms with Crippen molar-refractivity contribution >= 4 is 0 Å². The van der Waals surface area contributed by atoms with Gasteiger partial charge in [0.15, 0.2) is 0 Å². The van der Waals surface area contributed by atoms with Gasteiger partial charge in [0.05, 0.1) is 0 Å². The predicted octanol–water partition coefficient (Wildman–Crippen LogP) is 2.98. The first-order chi connectivity index (χ1) is 6.75. The fourth-order valence-corrected chi connectivity index (χ4v) is 2.45. The highest BCUT2D eigenvalue weighted by Crippen LogP contribution is 2.32. The first kappa shape index (κ1) is 9.72. The van der Waals surface area contributed by atoms with E-state index in [1.54, 1.807) is 0 Å². The molecule has 0 radical (unpaired) electrons. The molecule has 0 spiro atoms.